The molecule has 0 aliphatic carbocycles. The van der Waals surface area contributed by atoms with E-state index in [1.54, 1.807) is 30.3 Å². The first-order valence-electron chi connectivity index (χ1n) is 8.26. The van der Waals surface area contributed by atoms with E-state index in [2.05, 4.69) is 0 Å². The van der Waals surface area contributed by atoms with Crippen LogP contribution in [0.25, 0.3) is 22.0 Å². The summed E-state index contributed by atoms with van der Waals surface area (Å²) in [4.78, 5) is 0.162. The SMILES string of the molecule is COc1ccc(S(=O)(=O)n2ccc3cccc(-c4ccc(F)cc4)c32)cc1. The molecule has 0 N–H and O–H groups in total. The number of hydrogen-bond donors (Lipinski definition) is 0. The summed E-state index contributed by atoms with van der Waals surface area (Å²) in [6, 6.07) is 19.5. The number of nitrogens with zero attached hydrogens (tertiary/aromatic N) is 1. The summed E-state index contributed by atoms with van der Waals surface area (Å²) in [5, 5.41) is 0.786. The maximum atomic E-state index is 13.3. The number of methoxy groups -OCH3 is 1. The molecule has 0 saturated carbocycles. The van der Waals surface area contributed by atoms with E-state index >= 15 is 0 Å². The first kappa shape index (κ1) is 17.3. The van der Waals surface area contributed by atoms with Gasteiger partial charge in [0.25, 0.3) is 10.0 Å². The van der Waals surface area contributed by atoms with Crippen molar-refractivity contribution in [1.29, 1.82) is 0 Å². The second kappa shape index (κ2) is 6.55. The van der Waals surface area contributed by atoms with Gasteiger partial charge in [-0.3, -0.25) is 0 Å². The molecule has 1 heterocycles. The van der Waals surface area contributed by atoms with Crippen molar-refractivity contribution in [3.63, 3.8) is 0 Å². The summed E-state index contributed by atoms with van der Waals surface area (Å²) >= 11 is 0. The minimum Gasteiger partial charge on any atom is -0.497 e. The number of hydrogen-bond acceptors (Lipinski definition) is 3. The lowest BCUT2D eigenvalue weighted by molar-refractivity contribution is 0.414. The monoisotopic (exact) mass is 381 g/mol. The van der Waals surface area contributed by atoms with E-state index in [1.165, 1.54) is 41.5 Å². The Hall–Kier alpha value is -3.12. The van der Waals surface area contributed by atoms with Gasteiger partial charge in [-0.2, -0.15) is 0 Å². The Kier molecular flexibility index (Phi) is 4.20. The molecule has 136 valence electrons. The first-order chi connectivity index (χ1) is 13.0. The summed E-state index contributed by atoms with van der Waals surface area (Å²) in [5.41, 5.74) is 2.02. The number of benzene rings is 3. The molecule has 0 unspecified atom stereocenters. The van der Waals surface area contributed by atoms with E-state index in [-0.39, 0.29) is 10.7 Å². The van der Waals surface area contributed by atoms with Crippen LogP contribution in [0.3, 0.4) is 0 Å². The highest BCUT2D eigenvalue weighted by molar-refractivity contribution is 7.90. The molecule has 4 rings (SSSR count). The molecule has 0 radical (unpaired) electrons. The molecule has 6 heteroatoms. The van der Waals surface area contributed by atoms with Crippen LogP contribution in [0, 0.1) is 5.82 Å². The Morgan fingerprint density at radius 3 is 2.26 bits per heavy atom. The summed E-state index contributed by atoms with van der Waals surface area (Å²) in [6.07, 6.45) is 1.54. The van der Waals surface area contributed by atoms with E-state index in [4.69, 9.17) is 4.74 Å². The van der Waals surface area contributed by atoms with Crippen molar-refractivity contribution in [1.82, 2.24) is 3.97 Å². The molecule has 27 heavy (non-hydrogen) atoms. The van der Waals surface area contributed by atoms with Gasteiger partial charge in [-0.1, -0.05) is 30.3 Å². The number of ether oxygens (including phenoxy) is 1. The molecule has 4 aromatic rings. The quantitative estimate of drug-likeness (QED) is 0.515. The normalized spacial score (nSPS) is 11.6. The van der Waals surface area contributed by atoms with Crippen molar-refractivity contribution in [2.24, 2.45) is 0 Å². The topological polar surface area (TPSA) is 48.3 Å². The maximum Gasteiger partial charge on any atom is 0.268 e. The standard InChI is InChI=1S/C21H16FNO3S/c1-26-18-9-11-19(12-10-18)27(24,25)23-14-13-16-3-2-4-20(21(16)23)15-5-7-17(22)8-6-15/h2-14H,1H3. The molecule has 3 aromatic carbocycles. The molecule has 0 bridgehead atoms. The highest BCUT2D eigenvalue weighted by atomic mass is 32.2. The largest absolute Gasteiger partial charge is 0.497 e. The highest BCUT2D eigenvalue weighted by Crippen LogP contribution is 2.32. The maximum absolute atomic E-state index is 13.3. The zero-order valence-corrected chi connectivity index (χ0v) is 15.3. The third-order valence-electron chi connectivity index (χ3n) is 4.45. The van der Waals surface area contributed by atoms with Gasteiger partial charge in [0, 0.05) is 17.1 Å². The zero-order valence-electron chi connectivity index (χ0n) is 14.5. The van der Waals surface area contributed by atoms with E-state index < -0.39 is 10.0 Å². The molecular weight excluding hydrogens is 365 g/mol. The van der Waals surface area contributed by atoms with Gasteiger partial charge in [0.05, 0.1) is 17.5 Å². The van der Waals surface area contributed by atoms with Gasteiger partial charge >= 0.3 is 0 Å². The lowest BCUT2D eigenvalue weighted by Crippen LogP contribution is -2.12. The number of para-hydroxylation sites is 1. The number of halogens is 1. The predicted octanol–water partition coefficient (Wildman–Crippen LogP) is 4.69. The van der Waals surface area contributed by atoms with Crippen molar-refractivity contribution >= 4 is 20.9 Å². The molecule has 0 fully saturated rings. The minimum absolute atomic E-state index is 0.162. The fraction of sp³-hybridized carbons (Fsp3) is 0.0476. The summed E-state index contributed by atoms with van der Waals surface area (Å²) in [5.74, 6) is 0.241. The molecule has 0 amide bonds. The van der Waals surface area contributed by atoms with Gasteiger partial charge in [-0.25, -0.2) is 16.8 Å². The van der Waals surface area contributed by atoms with Crippen LogP contribution in [-0.4, -0.2) is 19.5 Å². The van der Waals surface area contributed by atoms with Gasteiger partial charge in [0.2, 0.25) is 0 Å². The Balaban J connectivity index is 1.93. The second-order valence-corrected chi connectivity index (χ2v) is 7.86. The van der Waals surface area contributed by atoms with Gasteiger partial charge in [-0.15, -0.1) is 0 Å². The molecule has 0 aliphatic rings. The Bertz CT molecular complexity index is 1210. The van der Waals surface area contributed by atoms with Crippen LogP contribution < -0.4 is 4.74 Å². The third-order valence-corrected chi connectivity index (χ3v) is 6.14. The lowest BCUT2D eigenvalue weighted by Gasteiger charge is -2.12. The average Bonchev–Trinajstić information content (AvgIpc) is 3.14. The van der Waals surface area contributed by atoms with E-state index in [0.717, 1.165) is 16.5 Å². The smallest absolute Gasteiger partial charge is 0.268 e. The number of aromatic nitrogens is 1. The molecule has 4 nitrogen and oxygen atoms in total. The Morgan fingerprint density at radius 1 is 0.889 bits per heavy atom. The summed E-state index contributed by atoms with van der Waals surface area (Å²) in [6.45, 7) is 0. The molecule has 0 saturated heterocycles. The molecule has 1 aromatic heterocycles. The van der Waals surface area contributed by atoms with Crippen LogP contribution in [0.15, 0.2) is 83.9 Å². The van der Waals surface area contributed by atoms with E-state index in [1.807, 2.05) is 18.2 Å². The average molecular weight is 381 g/mol. The van der Waals surface area contributed by atoms with Crippen molar-refractivity contribution in [2.75, 3.05) is 7.11 Å². The van der Waals surface area contributed by atoms with Gasteiger partial charge in [0.1, 0.15) is 11.6 Å². The highest BCUT2D eigenvalue weighted by Gasteiger charge is 2.21. The molecule has 0 spiro atoms. The van der Waals surface area contributed by atoms with Crippen LogP contribution in [0.2, 0.25) is 0 Å². The van der Waals surface area contributed by atoms with Crippen LogP contribution in [0.5, 0.6) is 5.75 Å². The molecular formula is C21H16FNO3S. The van der Waals surface area contributed by atoms with Gasteiger partial charge in [0.15, 0.2) is 0 Å². The summed E-state index contributed by atoms with van der Waals surface area (Å²) < 4.78 is 46.1. The van der Waals surface area contributed by atoms with Crippen molar-refractivity contribution in [2.45, 2.75) is 4.90 Å². The van der Waals surface area contributed by atoms with Gasteiger partial charge in [-0.05, 0) is 48.0 Å². The van der Waals surface area contributed by atoms with Crippen molar-refractivity contribution in [3.8, 4) is 16.9 Å². The van der Waals surface area contributed by atoms with Crippen LogP contribution in [-0.2, 0) is 10.0 Å². The number of fused-ring (bicyclic) bond motifs is 1. The van der Waals surface area contributed by atoms with E-state index in [9.17, 15) is 12.8 Å². The second-order valence-electron chi connectivity index (χ2n) is 6.04. The Morgan fingerprint density at radius 2 is 1.59 bits per heavy atom. The zero-order chi connectivity index (χ0) is 19.0. The fourth-order valence-electron chi connectivity index (χ4n) is 3.09. The first-order valence-corrected chi connectivity index (χ1v) is 9.70. The lowest BCUT2D eigenvalue weighted by atomic mass is 10.0. The Labute approximate surface area is 156 Å². The molecule has 0 aliphatic heterocycles. The predicted molar refractivity (Wildman–Crippen MR) is 103 cm³/mol. The van der Waals surface area contributed by atoms with E-state index in [0.29, 0.717) is 11.3 Å². The molecule has 0 atom stereocenters. The van der Waals surface area contributed by atoms with Crippen molar-refractivity contribution in [3.05, 3.63) is 84.8 Å². The van der Waals surface area contributed by atoms with Crippen molar-refractivity contribution < 1.29 is 17.5 Å². The number of rotatable bonds is 4. The van der Waals surface area contributed by atoms with Crippen LogP contribution in [0.1, 0.15) is 0 Å². The fourth-order valence-corrected chi connectivity index (χ4v) is 4.46. The van der Waals surface area contributed by atoms with Gasteiger partial charge < -0.3 is 4.74 Å². The van der Waals surface area contributed by atoms with Crippen LogP contribution >= 0.6 is 0 Å². The van der Waals surface area contributed by atoms with Crippen LogP contribution in [0.4, 0.5) is 4.39 Å². The minimum atomic E-state index is -3.80. The third kappa shape index (κ3) is 2.98. The summed E-state index contributed by atoms with van der Waals surface area (Å²) in [7, 11) is -2.27.